The average molecular weight is 353 g/mol. The van der Waals surface area contributed by atoms with E-state index in [4.69, 9.17) is 0 Å². The molecule has 0 radical (unpaired) electrons. The van der Waals surface area contributed by atoms with Gasteiger partial charge in [0.2, 0.25) is 0 Å². The van der Waals surface area contributed by atoms with Gasteiger partial charge in [0.05, 0.1) is 6.10 Å². The summed E-state index contributed by atoms with van der Waals surface area (Å²) >= 11 is 0. The minimum atomic E-state index is -0.521. The molecule has 2 heterocycles. The number of benzene rings is 1. The minimum Gasteiger partial charge on any atom is -0.388 e. The Balaban J connectivity index is 1.69. The number of carbonyl (C=O) groups is 1. The quantitative estimate of drug-likeness (QED) is 0.886. The van der Waals surface area contributed by atoms with Crippen molar-refractivity contribution in [2.75, 3.05) is 25.0 Å². The van der Waals surface area contributed by atoms with E-state index >= 15 is 0 Å². The second-order valence-corrected chi connectivity index (χ2v) is 6.89. The molecule has 138 valence electrons. The van der Waals surface area contributed by atoms with Crippen LogP contribution in [0, 0.1) is 0 Å². The fourth-order valence-electron chi connectivity index (χ4n) is 3.40. The van der Waals surface area contributed by atoms with Gasteiger partial charge < -0.3 is 15.3 Å². The van der Waals surface area contributed by atoms with Gasteiger partial charge in [-0.3, -0.25) is 9.78 Å². The Morgan fingerprint density at radius 1 is 1.27 bits per heavy atom. The number of carbonyl (C=O) groups excluding carboxylic acids is 1. The van der Waals surface area contributed by atoms with E-state index < -0.39 is 6.10 Å². The first-order chi connectivity index (χ1) is 12.6. The zero-order chi connectivity index (χ0) is 18.4. The zero-order valence-corrected chi connectivity index (χ0v) is 15.3. The predicted octanol–water partition coefficient (Wildman–Crippen LogP) is 3.10. The number of hydrogen-bond acceptors (Lipinski definition) is 4. The van der Waals surface area contributed by atoms with Gasteiger partial charge in [0, 0.05) is 55.3 Å². The summed E-state index contributed by atoms with van der Waals surface area (Å²) in [7, 11) is 2.05. The first kappa shape index (κ1) is 18.4. The Bertz CT molecular complexity index is 733. The molecule has 0 fully saturated rings. The predicted molar refractivity (Wildman–Crippen MR) is 103 cm³/mol. The Kier molecular flexibility index (Phi) is 6.23. The highest BCUT2D eigenvalue weighted by Crippen LogP contribution is 2.31. The summed E-state index contributed by atoms with van der Waals surface area (Å²) in [5.74, 6) is -0.113. The summed E-state index contributed by atoms with van der Waals surface area (Å²) in [5.41, 5.74) is 3.42. The smallest absolute Gasteiger partial charge is 0.251 e. The Morgan fingerprint density at radius 2 is 2.15 bits per heavy atom. The molecule has 1 aliphatic rings. The van der Waals surface area contributed by atoms with E-state index in [1.165, 1.54) is 0 Å². The number of aromatic nitrogens is 1. The van der Waals surface area contributed by atoms with Crippen LogP contribution in [0.3, 0.4) is 0 Å². The Morgan fingerprint density at radius 3 is 2.96 bits per heavy atom. The van der Waals surface area contributed by atoms with Gasteiger partial charge in [-0.05, 0) is 43.2 Å². The van der Waals surface area contributed by atoms with Gasteiger partial charge in [0.25, 0.3) is 5.91 Å². The second-order valence-electron chi connectivity index (χ2n) is 6.89. The standard InChI is InChI=1S/C21H27N3O2/c1-24-14-6-2-3-8-20(25)18-15-16(9-10-19(18)24)21(26)23-13-11-17-7-4-5-12-22-17/h4-5,7,9-10,12,15,20,25H,2-3,6,8,11,13-14H2,1H3,(H,23,26). The van der Waals surface area contributed by atoms with Crippen molar-refractivity contribution < 1.29 is 9.90 Å². The highest BCUT2D eigenvalue weighted by molar-refractivity contribution is 5.95. The van der Waals surface area contributed by atoms with Crippen LogP contribution in [0.2, 0.25) is 0 Å². The fraction of sp³-hybridized carbons (Fsp3) is 0.429. The number of nitrogens with zero attached hydrogens (tertiary/aromatic N) is 2. The first-order valence-electron chi connectivity index (χ1n) is 9.36. The summed E-state index contributed by atoms with van der Waals surface area (Å²) in [5, 5.41) is 13.5. The normalized spacial score (nSPS) is 17.6. The molecule has 5 nitrogen and oxygen atoms in total. The van der Waals surface area contributed by atoms with Crippen molar-refractivity contribution in [3.05, 3.63) is 59.4 Å². The van der Waals surface area contributed by atoms with Crippen LogP contribution >= 0.6 is 0 Å². The molecule has 0 spiro atoms. The maximum Gasteiger partial charge on any atom is 0.251 e. The number of fused-ring (bicyclic) bond motifs is 1. The number of amides is 1. The third-order valence-electron chi connectivity index (χ3n) is 4.92. The van der Waals surface area contributed by atoms with Gasteiger partial charge in [-0.25, -0.2) is 0 Å². The lowest BCUT2D eigenvalue weighted by molar-refractivity contribution is 0.0953. The lowest BCUT2D eigenvalue weighted by Crippen LogP contribution is -2.26. The summed E-state index contributed by atoms with van der Waals surface area (Å²) in [6.07, 6.45) is 5.93. The van der Waals surface area contributed by atoms with Crippen molar-refractivity contribution in [2.45, 2.75) is 38.2 Å². The number of hydrogen-bond donors (Lipinski definition) is 2. The van der Waals surface area contributed by atoms with E-state index in [0.717, 1.165) is 49.2 Å². The van der Waals surface area contributed by atoms with Crippen LogP contribution in [0.15, 0.2) is 42.6 Å². The molecule has 1 aliphatic heterocycles. The Hall–Kier alpha value is -2.40. The lowest BCUT2D eigenvalue weighted by Gasteiger charge is -2.24. The average Bonchev–Trinajstić information content (AvgIpc) is 2.73. The molecule has 1 aromatic carbocycles. The van der Waals surface area contributed by atoms with Gasteiger partial charge in [0.15, 0.2) is 0 Å². The summed E-state index contributed by atoms with van der Waals surface area (Å²) < 4.78 is 0. The molecule has 1 atom stereocenters. The van der Waals surface area contributed by atoms with Crippen molar-refractivity contribution in [3.8, 4) is 0 Å². The third kappa shape index (κ3) is 4.61. The molecule has 0 aliphatic carbocycles. The lowest BCUT2D eigenvalue weighted by atomic mass is 9.99. The van der Waals surface area contributed by atoms with Crippen LogP contribution in [0.1, 0.15) is 53.4 Å². The number of aliphatic hydroxyl groups excluding tert-OH is 1. The highest BCUT2D eigenvalue weighted by atomic mass is 16.3. The molecular weight excluding hydrogens is 326 g/mol. The van der Waals surface area contributed by atoms with Crippen LogP contribution < -0.4 is 10.2 Å². The zero-order valence-electron chi connectivity index (χ0n) is 15.3. The van der Waals surface area contributed by atoms with E-state index in [2.05, 4.69) is 15.2 Å². The van der Waals surface area contributed by atoms with E-state index in [9.17, 15) is 9.90 Å². The van der Waals surface area contributed by atoms with Gasteiger partial charge in [-0.2, -0.15) is 0 Å². The maximum atomic E-state index is 12.5. The van der Waals surface area contributed by atoms with Gasteiger partial charge in [0.1, 0.15) is 0 Å². The maximum absolute atomic E-state index is 12.5. The molecule has 2 N–H and O–H groups in total. The van der Waals surface area contributed by atoms with E-state index in [1.54, 1.807) is 6.20 Å². The highest BCUT2D eigenvalue weighted by Gasteiger charge is 2.19. The molecule has 2 aromatic rings. The molecule has 3 rings (SSSR count). The van der Waals surface area contributed by atoms with Crippen LogP contribution in [-0.4, -0.2) is 36.1 Å². The number of aliphatic hydroxyl groups is 1. The molecule has 0 bridgehead atoms. The van der Waals surface area contributed by atoms with Crippen LogP contribution in [0.5, 0.6) is 0 Å². The largest absolute Gasteiger partial charge is 0.388 e. The number of anilines is 1. The number of nitrogens with one attached hydrogen (secondary N) is 1. The van der Waals surface area contributed by atoms with Crippen LogP contribution in [0.25, 0.3) is 0 Å². The number of rotatable bonds is 4. The van der Waals surface area contributed by atoms with Crippen molar-refractivity contribution in [1.82, 2.24) is 10.3 Å². The van der Waals surface area contributed by atoms with Crippen molar-refractivity contribution in [2.24, 2.45) is 0 Å². The molecule has 1 unspecified atom stereocenters. The van der Waals surface area contributed by atoms with Crippen LogP contribution in [-0.2, 0) is 6.42 Å². The number of pyridine rings is 1. The van der Waals surface area contributed by atoms with E-state index in [1.807, 2.05) is 43.4 Å². The summed E-state index contributed by atoms with van der Waals surface area (Å²) in [6.45, 7) is 1.50. The van der Waals surface area contributed by atoms with Gasteiger partial charge in [-0.1, -0.05) is 18.9 Å². The minimum absolute atomic E-state index is 0.113. The molecule has 1 amide bonds. The van der Waals surface area contributed by atoms with Crippen molar-refractivity contribution in [3.63, 3.8) is 0 Å². The van der Waals surface area contributed by atoms with E-state index in [0.29, 0.717) is 18.5 Å². The van der Waals surface area contributed by atoms with Crippen molar-refractivity contribution in [1.29, 1.82) is 0 Å². The molecule has 26 heavy (non-hydrogen) atoms. The topological polar surface area (TPSA) is 65.5 Å². The molecule has 0 saturated carbocycles. The third-order valence-corrected chi connectivity index (χ3v) is 4.92. The fourth-order valence-corrected chi connectivity index (χ4v) is 3.40. The summed E-state index contributed by atoms with van der Waals surface area (Å²) in [4.78, 5) is 18.9. The molecule has 0 saturated heterocycles. The van der Waals surface area contributed by atoms with Gasteiger partial charge >= 0.3 is 0 Å². The summed E-state index contributed by atoms with van der Waals surface area (Å²) in [6, 6.07) is 11.4. The Labute approximate surface area is 155 Å². The van der Waals surface area contributed by atoms with E-state index in [-0.39, 0.29) is 5.91 Å². The van der Waals surface area contributed by atoms with Crippen LogP contribution in [0.4, 0.5) is 5.69 Å². The SMILES string of the molecule is CN1CCCCCC(O)c2cc(C(=O)NCCc3ccccn3)ccc21. The molecule has 1 aromatic heterocycles. The second kappa shape index (κ2) is 8.81. The molecule has 5 heteroatoms. The first-order valence-corrected chi connectivity index (χ1v) is 9.36. The van der Waals surface area contributed by atoms with Gasteiger partial charge in [-0.15, -0.1) is 0 Å². The molecular formula is C21H27N3O2. The van der Waals surface area contributed by atoms with Crippen molar-refractivity contribution >= 4 is 11.6 Å². The monoisotopic (exact) mass is 353 g/mol.